The van der Waals surface area contributed by atoms with Crippen molar-refractivity contribution in [2.24, 2.45) is 7.05 Å². The van der Waals surface area contributed by atoms with E-state index in [2.05, 4.69) is 28.9 Å². The molecule has 1 saturated heterocycles. The lowest BCUT2D eigenvalue weighted by atomic mass is 10.2. The first kappa shape index (κ1) is 18.1. The van der Waals surface area contributed by atoms with Crippen molar-refractivity contribution in [3.05, 3.63) is 29.3 Å². The Bertz CT molecular complexity index is 846. The molecule has 0 unspecified atom stereocenters. The molecule has 138 valence electrons. The first-order valence-electron chi connectivity index (χ1n) is 8.57. The minimum atomic E-state index is -3.47. The lowest BCUT2D eigenvalue weighted by molar-refractivity contribution is 0.181. The van der Waals surface area contributed by atoms with Crippen LogP contribution in [0.25, 0.3) is 0 Å². The summed E-state index contributed by atoms with van der Waals surface area (Å²) in [6.07, 6.45) is 3.50. The van der Waals surface area contributed by atoms with E-state index in [-0.39, 0.29) is 0 Å². The highest BCUT2D eigenvalue weighted by Gasteiger charge is 2.31. The fraction of sp³-hybridized carbons (Fsp3) is 0.625. The quantitative estimate of drug-likeness (QED) is 0.781. The Labute approximate surface area is 149 Å². The molecule has 1 aliphatic heterocycles. The van der Waals surface area contributed by atoms with Crippen LogP contribution in [0.3, 0.4) is 0 Å². The first-order valence-corrected chi connectivity index (χ1v) is 10.0. The molecule has 25 heavy (non-hydrogen) atoms. The predicted octanol–water partition coefficient (Wildman–Crippen LogP) is 0.760. The number of hydrogen-bond donors (Lipinski definition) is 0. The molecule has 2 aromatic heterocycles. The highest BCUT2D eigenvalue weighted by atomic mass is 32.2. The fourth-order valence-corrected chi connectivity index (χ4v) is 4.92. The van der Waals surface area contributed by atoms with Gasteiger partial charge in [-0.05, 0) is 20.8 Å². The average Bonchev–Trinajstić information content (AvgIpc) is 3.10. The molecular weight excluding hydrogens is 340 g/mol. The Kier molecular flexibility index (Phi) is 4.99. The summed E-state index contributed by atoms with van der Waals surface area (Å²) in [7, 11) is -1.73. The molecule has 0 radical (unpaired) electrons. The number of aromatic nitrogens is 4. The van der Waals surface area contributed by atoms with Crippen molar-refractivity contribution in [3.63, 3.8) is 0 Å². The Morgan fingerprint density at radius 3 is 2.36 bits per heavy atom. The molecule has 0 aliphatic carbocycles. The second-order valence-electron chi connectivity index (χ2n) is 6.50. The van der Waals surface area contributed by atoms with Crippen LogP contribution in [0.5, 0.6) is 0 Å². The number of aryl methyl sites for hydroxylation is 3. The minimum Gasteiger partial charge on any atom is -0.296 e. The molecule has 3 rings (SSSR count). The van der Waals surface area contributed by atoms with Gasteiger partial charge < -0.3 is 0 Å². The molecule has 0 aromatic carbocycles. The van der Waals surface area contributed by atoms with Gasteiger partial charge in [0.05, 0.1) is 11.9 Å². The molecule has 1 fully saturated rings. The summed E-state index contributed by atoms with van der Waals surface area (Å²) in [5.74, 6) is 0. The molecular formula is C16H26N6O2S. The lowest BCUT2D eigenvalue weighted by Gasteiger charge is -2.33. The fourth-order valence-electron chi connectivity index (χ4n) is 3.30. The Balaban J connectivity index is 1.65. The molecule has 0 amide bonds. The lowest BCUT2D eigenvalue weighted by Crippen LogP contribution is -2.48. The van der Waals surface area contributed by atoms with Crippen LogP contribution in [0.15, 0.2) is 17.3 Å². The van der Waals surface area contributed by atoms with Gasteiger partial charge >= 0.3 is 0 Å². The normalized spacial score (nSPS) is 17.3. The van der Waals surface area contributed by atoms with Gasteiger partial charge in [-0.15, -0.1) is 0 Å². The molecule has 8 nitrogen and oxygen atoms in total. The molecule has 2 aromatic rings. The minimum absolute atomic E-state index is 0.309. The summed E-state index contributed by atoms with van der Waals surface area (Å²) in [4.78, 5) is 2.59. The van der Waals surface area contributed by atoms with E-state index in [0.29, 0.717) is 23.7 Å². The van der Waals surface area contributed by atoms with Crippen LogP contribution in [0, 0.1) is 13.8 Å². The molecule has 9 heteroatoms. The van der Waals surface area contributed by atoms with E-state index in [0.717, 1.165) is 26.2 Å². The maximum absolute atomic E-state index is 12.8. The van der Waals surface area contributed by atoms with Crippen LogP contribution in [0.4, 0.5) is 0 Å². The van der Waals surface area contributed by atoms with E-state index in [1.165, 1.54) is 11.3 Å². The SMILES string of the molecule is CCn1ncc(CN2CCN(S(=O)(=O)c3cn(C)nc3C)CC2)c1C. The van der Waals surface area contributed by atoms with Crippen molar-refractivity contribution in [2.45, 2.75) is 38.8 Å². The maximum Gasteiger partial charge on any atom is 0.246 e. The van der Waals surface area contributed by atoms with Crippen molar-refractivity contribution in [1.29, 1.82) is 0 Å². The van der Waals surface area contributed by atoms with Gasteiger partial charge in [-0.1, -0.05) is 0 Å². The molecule has 0 atom stereocenters. The number of piperazine rings is 1. The molecule has 3 heterocycles. The standard InChI is InChI=1S/C16H26N6O2S/c1-5-22-14(3)15(10-17-22)11-20-6-8-21(9-7-20)25(23,24)16-12-19(4)18-13(16)2/h10,12H,5-9,11H2,1-4H3. The number of rotatable bonds is 5. The molecule has 0 bridgehead atoms. The number of sulfonamides is 1. The number of nitrogens with zero attached hydrogens (tertiary/aromatic N) is 6. The van der Waals surface area contributed by atoms with Gasteiger partial charge in [-0.25, -0.2) is 8.42 Å². The Hall–Kier alpha value is -1.71. The van der Waals surface area contributed by atoms with Crippen molar-refractivity contribution in [3.8, 4) is 0 Å². The van der Waals surface area contributed by atoms with Crippen LogP contribution in [0.1, 0.15) is 23.9 Å². The van der Waals surface area contributed by atoms with Crippen LogP contribution in [-0.2, 0) is 30.2 Å². The van der Waals surface area contributed by atoms with E-state index < -0.39 is 10.0 Å². The van der Waals surface area contributed by atoms with Gasteiger partial charge in [-0.3, -0.25) is 14.3 Å². The summed E-state index contributed by atoms with van der Waals surface area (Å²) in [5.41, 5.74) is 2.94. The van der Waals surface area contributed by atoms with Gasteiger partial charge in [0, 0.05) is 63.8 Å². The van der Waals surface area contributed by atoms with E-state index in [4.69, 9.17) is 0 Å². The zero-order valence-electron chi connectivity index (χ0n) is 15.3. The van der Waals surface area contributed by atoms with Crippen LogP contribution >= 0.6 is 0 Å². The third-order valence-corrected chi connectivity index (χ3v) is 6.82. The summed E-state index contributed by atoms with van der Waals surface area (Å²) in [6, 6.07) is 0. The van der Waals surface area contributed by atoms with E-state index in [1.54, 1.807) is 29.2 Å². The Morgan fingerprint density at radius 1 is 1.16 bits per heavy atom. The summed E-state index contributed by atoms with van der Waals surface area (Å²) in [6.45, 7) is 10.00. The van der Waals surface area contributed by atoms with Crippen molar-refractivity contribution < 1.29 is 8.42 Å². The Morgan fingerprint density at radius 2 is 1.84 bits per heavy atom. The first-order chi connectivity index (χ1) is 11.8. The zero-order valence-corrected chi connectivity index (χ0v) is 16.1. The average molecular weight is 366 g/mol. The third-order valence-electron chi connectivity index (χ3n) is 4.82. The van der Waals surface area contributed by atoms with Gasteiger partial charge in [0.1, 0.15) is 4.90 Å². The van der Waals surface area contributed by atoms with Crippen molar-refractivity contribution >= 4 is 10.0 Å². The molecule has 0 N–H and O–H groups in total. The topological polar surface area (TPSA) is 76.3 Å². The zero-order chi connectivity index (χ0) is 18.2. The highest BCUT2D eigenvalue weighted by Crippen LogP contribution is 2.21. The monoisotopic (exact) mass is 366 g/mol. The summed E-state index contributed by atoms with van der Waals surface area (Å²) < 4.78 is 30.7. The van der Waals surface area contributed by atoms with E-state index >= 15 is 0 Å². The van der Waals surface area contributed by atoms with E-state index in [1.807, 2.05) is 10.9 Å². The second-order valence-corrected chi connectivity index (χ2v) is 8.41. The summed E-state index contributed by atoms with van der Waals surface area (Å²) in [5, 5.41) is 8.53. The van der Waals surface area contributed by atoms with Crippen LogP contribution in [0.2, 0.25) is 0 Å². The van der Waals surface area contributed by atoms with Gasteiger partial charge in [-0.2, -0.15) is 14.5 Å². The molecule has 0 spiro atoms. The molecule has 0 saturated carbocycles. The highest BCUT2D eigenvalue weighted by molar-refractivity contribution is 7.89. The summed E-state index contributed by atoms with van der Waals surface area (Å²) >= 11 is 0. The smallest absolute Gasteiger partial charge is 0.246 e. The van der Waals surface area contributed by atoms with Gasteiger partial charge in [0.25, 0.3) is 0 Å². The van der Waals surface area contributed by atoms with E-state index in [9.17, 15) is 8.42 Å². The van der Waals surface area contributed by atoms with Crippen molar-refractivity contribution in [1.82, 2.24) is 28.8 Å². The predicted molar refractivity (Wildman–Crippen MR) is 94.6 cm³/mol. The second kappa shape index (κ2) is 6.89. The van der Waals surface area contributed by atoms with Gasteiger partial charge in [0.2, 0.25) is 10.0 Å². The number of hydrogen-bond acceptors (Lipinski definition) is 5. The molecule has 1 aliphatic rings. The van der Waals surface area contributed by atoms with Crippen molar-refractivity contribution in [2.75, 3.05) is 26.2 Å². The van der Waals surface area contributed by atoms with Gasteiger partial charge in [0.15, 0.2) is 0 Å². The van der Waals surface area contributed by atoms with Crippen LogP contribution in [-0.4, -0.2) is 63.4 Å². The third kappa shape index (κ3) is 3.49. The van der Waals surface area contributed by atoms with Crippen LogP contribution < -0.4 is 0 Å². The maximum atomic E-state index is 12.8. The largest absolute Gasteiger partial charge is 0.296 e.